The van der Waals surface area contributed by atoms with Crippen molar-refractivity contribution in [1.29, 1.82) is 5.26 Å². The van der Waals surface area contributed by atoms with Gasteiger partial charge in [-0.3, -0.25) is 4.90 Å². The third-order valence-electron chi connectivity index (χ3n) is 5.38. The van der Waals surface area contributed by atoms with Crippen LogP contribution in [0.3, 0.4) is 0 Å². The van der Waals surface area contributed by atoms with Gasteiger partial charge in [0.05, 0.1) is 10.6 Å². The number of halogens is 1. The van der Waals surface area contributed by atoms with E-state index in [1.54, 1.807) is 12.3 Å². The van der Waals surface area contributed by atoms with Gasteiger partial charge in [-0.25, -0.2) is 4.98 Å². The number of anilines is 1. The maximum absolute atomic E-state index is 8.86. The number of hydrogen-bond acceptors (Lipinski definition) is 4. The lowest BCUT2D eigenvalue weighted by Crippen LogP contribution is -2.59. The van der Waals surface area contributed by atoms with Crippen molar-refractivity contribution in [3.63, 3.8) is 0 Å². The Labute approximate surface area is 130 Å². The van der Waals surface area contributed by atoms with E-state index in [9.17, 15) is 0 Å². The Balaban J connectivity index is 1.38. The van der Waals surface area contributed by atoms with Gasteiger partial charge >= 0.3 is 0 Å². The van der Waals surface area contributed by atoms with Crippen LogP contribution in [0.2, 0.25) is 5.02 Å². The number of nitrogens with zero attached hydrogens (tertiary/aromatic N) is 4. The Morgan fingerprint density at radius 2 is 1.90 bits per heavy atom. The standard InChI is InChI=1S/C16H19ClN4/c17-15-4-11(5-18)6-19-16(15)21-9-14(10-21)20-7-12-2-1-3-13(12)8-20/h4,6,12-14H,1-3,7-10H2. The Morgan fingerprint density at radius 1 is 1.19 bits per heavy atom. The highest BCUT2D eigenvalue weighted by molar-refractivity contribution is 6.33. The molecule has 4 nitrogen and oxygen atoms in total. The first kappa shape index (κ1) is 13.4. The summed E-state index contributed by atoms with van der Waals surface area (Å²) in [6, 6.07) is 4.43. The highest BCUT2D eigenvalue weighted by Crippen LogP contribution is 2.40. The van der Waals surface area contributed by atoms with Crippen LogP contribution in [0.5, 0.6) is 0 Å². The summed E-state index contributed by atoms with van der Waals surface area (Å²) >= 11 is 6.23. The molecule has 0 amide bonds. The third kappa shape index (κ3) is 2.29. The second-order valence-corrected chi connectivity index (χ2v) is 7.01. The van der Waals surface area contributed by atoms with Gasteiger partial charge in [0.1, 0.15) is 11.9 Å². The van der Waals surface area contributed by atoms with Crippen LogP contribution in [0.4, 0.5) is 5.82 Å². The van der Waals surface area contributed by atoms with E-state index in [4.69, 9.17) is 16.9 Å². The minimum absolute atomic E-state index is 0.521. The van der Waals surface area contributed by atoms with Crippen LogP contribution in [-0.4, -0.2) is 42.1 Å². The molecule has 2 atom stereocenters. The lowest BCUT2D eigenvalue weighted by Gasteiger charge is -2.45. The molecule has 0 bridgehead atoms. The summed E-state index contributed by atoms with van der Waals surface area (Å²) < 4.78 is 0. The zero-order chi connectivity index (χ0) is 14.4. The van der Waals surface area contributed by atoms with Crippen molar-refractivity contribution in [3.8, 4) is 6.07 Å². The number of fused-ring (bicyclic) bond motifs is 1. The zero-order valence-corrected chi connectivity index (χ0v) is 12.8. The average molecular weight is 303 g/mol. The van der Waals surface area contributed by atoms with Crippen LogP contribution in [-0.2, 0) is 0 Å². The van der Waals surface area contributed by atoms with Crippen LogP contribution in [0.1, 0.15) is 24.8 Å². The number of pyridine rings is 1. The molecule has 2 unspecified atom stereocenters. The quantitative estimate of drug-likeness (QED) is 0.842. The van der Waals surface area contributed by atoms with Gasteiger partial charge in [-0.05, 0) is 30.7 Å². The summed E-state index contributed by atoms with van der Waals surface area (Å²) in [4.78, 5) is 9.24. The van der Waals surface area contributed by atoms with E-state index in [0.29, 0.717) is 16.6 Å². The monoisotopic (exact) mass is 302 g/mol. The molecule has 0 radical (unpaired) electrons. The van der Waals surface area contributed by atoms with Crippen molar-refractivity contribution in [3.05, 3.63) is 22.8 Å². The van der Waals surface area contributed by atoms with Crippen molar-refractivity contribution < 1.29 is 0 Å². The molecule has 2 aliphatic heterocycles. The molecule has 1 aromatic rings. The number of rotatable bonds is 2. The van der Waals surface area contributed by atoms with Crippen LogP contribution in [0.25, 0.3) is 0 Å². The van der Waals surface area contributed by atoms with Gasteiger partial charge in [-0.15, -0.1) is 0 Å². The molecule has 2 saturated heterocycles. The topological polar surface area (TPSA) is 43.2 Å². The summed E-state index contributed by atoms with van der Waals surface area (Å²) in [5, 5.41) is 9.45. The van der Waals surface area contributed by atoms with E-state index >= 15 is 0 Å². The Bertz CT molecular complexity index is 578. The largest absolute Gasteiger partial charge is 0.352 e. The number of hydrogen-bond donors (Lipinski definition) is 0. The zero-order valence-electron chi connectivity index (χ0n) is 12.0. The van der Waals surface area contributed by atoms with Crippen LogP contribution < -0.4 is 4.90 Å². The molecule has 3 heterocycles. The van der Waals surface area contributed by atoms with Crippen molar-refractivity contribution in [2.24, 2.45) is 11.8 Å². The van der Waals surface area contributed by atoms with Gasteiger partial charge in [0, 0.05) is 38.4 Å². The van der Waals surface area contributed by atoms with Gasteiger partial charge in [0.25, 0.3) is 0 Å². The van der Waals surface area contributed by atoms with Gasteiger partial charge in [-0.2, -0.15) is 5.26 Å². The third-order valence-corrected chi connectivity index (χ3v) is 5.66. The molecular formula is C16H19ClN4. The van der Waals surface area contributed by atoms with E-state index in [2.05, 4.69) is 20.9 Å². The molecule has 21 heavy (non-hydrogen) atoms. The molecule has 110 valence electrons. The molecular weight excluding hydrogens is 284 g/mol. The average Bonchev–Trinajstić information content (AvgIpc) is 3.00. The lowest BCUT2D eigenvalue weighted by atomic mass is 10.0. The molecule has 0 aromatic carbocycles. The fraction of sp³-hybridized carbons (Fsp3) is 0.625. The highest BCUT2D eigenvalue weighted by Gasteiger charge is 2.42. The maximum atomic E-state index is 8.86. The molecule has 4 rings (SSSR count). The molecule has 0 spiro atoms. The molecule has 3 aliphatic rings. The molecule has 0 N–H and O–H groups in total. The second-order valence-electron chi connectivity index (χ2n) is 6.60. The predicted molar refractivity (Wildman–Crippen MR) is 82.4 cm³/mol. The molecule has 3 fully saturated rings. The minimum Gasteiger partial charge on any atom is -0.352 e. The van der Waals surface area contributed by atoms with E-state index in [-0.39, 0.29) is 0 Å². The fourth-order valence-corrected chi connectivity index (χ4v) is 4.44. The smallest absolute Gasteiger partial charge is 0.147 e. The summed E-state index contributed by atoms with van der Waals surface area (Å²) in [5.74, 6) is 2.73. The summed E-state index contributed by atoms with van der Waals surface area (Å²) in [5.41, 5.74) is 0.521. The lowest BCUT2D eigenvalue weighted by molar-refractivity contribution is 0.190. The van der Waals surface area contributed by atoms with E-state index in [1.165, 1.54) is 32.4 Å². The van der Waals surface area contributed by atoms with Gasteiger partial charge in [0.15, 0.2) is 0 Å². The molecule has 1 aliphatic carbocycles. The summed E-state index contributed by atoms with van der Waals surface area (Å²) in [6.07, 6.45) is 5.90. The maximum Gasteiger partial charge on any atom is 0.147 e. The van der Waals surface area contributed by atoms with Crippen LogP contribution in [0.15, 0.2) is 12.3 Å². The Kier molecular flexibility index (Phi) is 3.28. The van der Waals surface area contributed by atoms with Crippen LogP contribution >= 0.6 is 11.6 Å². The van der Waals surface area contributed by atoms with Crippen LogP contribution in [0, 0.1) is 23.2 Å². The molecule has 1 aromatic heterocycles. The first-order valence-electron chi connectivity index (χ1n) is 7.79. The first-order valence-corrected chi connectivity index (χ1v) is 8.17. The van der Waals surface area contributed by atoms with Gasteiger partial charge in [0.2, 0.25) is 0 Å². The Morgan fingerprint density at radius 3 is 2.52 bits per heavy atom. The molecule has 1 saturated carbocycles. The number of aromatic nitrogens is 1. The van der Waals surface area contributed by atoms with Gasteiger partial charge < -0.3 is 4.90 Å². The van der Waals surface area contributed by atoms with Gasteiger partial charge in [-0.1, -0.05) is 18.0 Å². The minimum atomic E-state index is 0.521. The highest BCUT2D eigenvalue weighted by atomic mass is 35.5. The second kappa shape index (κ2) is 5.15. The van der Waals surface area contributed by atoms with Crippen molar-refractivity contribution >= 4 is 17.4 Å². The van der Waals surface area contributed by atoms with Crippen molar-refractivity contribution in [1.82, 2.24) is 9.88 Å². The molecule has 5 heteroatoms. The summed E-state index contributed by atoms with van der Waals surface area (Å²) in [7, 11) is 0. The van der Waals surface area contributed by atoms with E-state index in [0.717, 1.165) is 30.7 Å². The predicted octanol–water partition coefficient (Wildman–Crippen LogP) is 2.53. The van der Waals surface area contributed by atoms with Crippen molar-refractivity contribution in [2.45, 2.75) is 25.3 Å². The fourth-order valence-electron chi connectivity index (χ4n) is 4.15. The first-order chi connectivity index (χ1) is 10.2. The number of likely N-dealkylation sites (tertiary alicyclic amines) is 1. The summed E-state index contributed by atoms with van der Waals surface area (Å²) in [6.45, 7) is 4.60. The Hall–Kier alpha value is -1.31. The van der Waals surface area contributed by atoms with E-state index < -0.39 is 0 Å². The number of nitriles is 1. The SMILES string of the molecule is N#Cc1cnc(N2CC(N3CC4CCCC4C3)C2)c(Cl)c1. The normalized spacial score (nSPS) is 29.2. The van der Waals surface area contributed by atoms with E-state index in [1.807, 2.05) is 0 Å². The van der Waals surface area contributed by atoms with Crippen molar-refractivity contribution in [2.75, 3.05) is 31.1 Å².